The maximum Gasteiger partial charge on any atom is 0.282 e. The Labute approximate surface area is 198 Å². The van der Waals surface area contributed by atoms with Crippen LogP contribution in [0.25, 0.3) is 5.57 Å². The highest BCUT2D eigenvalue weighted by molar-refractivity contribution is 6.45. The summed E-state index contributed by atoms with van der Waals surface area (Å²) in [4.78, 5) is 32.9. The van der Waals surface area contributed by atoms with Gasteiger partial charge in [-0.2, -0.15) is 0 Å². The second-order valence-corrected chi connectivity index (χ2v) is 8.97. The molecule has 0 saturated carbocycles. The summed E-state index contributed by atoms with van der Waals surface area (Å²) in [6.45, 7) is 1.27. The van der Waals surface area contributed by atoms with Gasteiger partial charge in [-0.25, -0.2) is 4.90 Å². The van der Waals surface area contributed by atoms with Gasteiger partial charge in [0.2, 0.25) is 0 Å². The van der Waals surface area contributed by atoms with Crippen LogP contribution in [0.3, 0.4) is 0 Å². The van der Waals surface area contributed by atoms with E-state index in [4.69, 9.17) is 11.6 Å². The van der Waals surface area contributed by atoms with Crippen LogP contribution in [0.2, 0.25) is 5.02 Å². The van der Waals surface area contributed by atoms with Crippen LogP contribution in [0.5, 0.6) is 0 Å². The monoisotopic (exact) mass is 457 g/mol. The fourth-order valence-electron chi connectivity index (χ4n) is 4.52. The molecule has 2 heterocycles. The average Bonchev–Trinajstić information content (AvgIpc) is 3.09. The molecular weight excluding hydrogens is 434 g/mol. The van der Waals surface area contributed by atoms with Crippen molar-refractivity contribution in [3.63, 3.8) is 0 Å². The summed E-state index contributed by atoms with van der Waals surface area (Å²) >= 11 is 6.10. The van der Waals surface area contributed by atoms with E-state index < -0.39 is 0 Å². The number of carbonyl (C=O) groups is 2. The van der Waals surface area contributed by atoms with Gasteiger partial charge < -0.3 is 9.80 Å². The molecule has 2 amide bonds. The molecule has 0 unspecified atom stereocenters. The fraction of sp³-hybridized carbons (Fsp3) is 0.185. The SMILES string of the molecule is CN(C)c1cccc(N2C(=O)C(c3ccc(Cl)cc3)=C(N3CCc4ccccc4C3)C2=O)c1. The van der Waals surface area contributed by atoms with Gasteiger partial charge in [0.25, 0.3) is 11.8 Å². The molecule has 3 aromatic carbocycles. The van der Waals surface area contributed by atoms with Crippen LogP contribution in [0.15, 0.2) is 78.5 Å². The second kappa shape index (κ2) is 8.41. The van der Waals surface area contributed by atoms with Crippen LogP contribution in [0.1, 0.15) is 16.7 Å². The molecule has 0 radical (unpaired) electrons. The van der Waals surface area contributed by atoms with E-state index in [0.717, 1.165) is 12.1 Å². The molecule has 2 aliphatic rings. The Kier molecular flexibility index (Phi) is 5.43. The predicted molar refractivity (Wildman–Crippen MR) is 132 cm³/mol. The molecule has 0 fully saturated rings. The minimum absolute atomic E-state index is 0.291. The first-order valence-electron chi connectivity index (χ1n) is 10.9. The molecule has 0 N–H and O–H groups in total. The van der Waals surface area contributed by atoms with Crippen molar-refractivity contribution in [3.8, 4) is 0 Å². The highest BCUT2D eigenvalue weighted by atomic mass is 35.5. The highest BCUT2D eigenvalue weighted by Gasteiger charge is 2.43. The number of carbonyl (C=O) groups excluding carboxylic acids is 2. The zero-order valence-corrected chi connectivity index (χ0v) is 19.3. The number of rotatable bonds is 4. The van der Waals surface area contributed by atoms with Crippen molar-refractivity contribution in [1.82, 2.24) is 4.90 Å². The van der Waals surface area contributed by atoms with E-state index >= 15 is 0 Å². The lowest BCUT2D eigenvalue weighted by Crippen LogP contribution is -2.37. The van der Waals surface area contributed by atoms with Crippen molar-refractivity contribution in [2.75, 3.05) is 30.4 Å². The number of amides is 2. The minimum atomic E-state index is -0.313. The van der Waals surface area contributed by atoms with E-state index in [1.54, 1.807) is 30.3 Å². The minimum Gasteiger partial charge on any atom is -0.378 e. The fourth-order valence-corrected chi connectivity index (χ4v) is 4.65. The Balaban J connectivity index is 1.61. The number of anilines is 2. The first-order valence-corrected chi connectivity index (χ1v) is 11.3. The highest BCUT2D eigenvalue weighted by Crippen LogP contribution is 2.37. The van der Waals surface area contributed by atoms with E-state index in [-0.39, 0.29) is 11.8 Å². The van der Waals surface area contributed by atoms with Crippen LogP contribution < -0.4 is 9.80 Å². The van der Waals surface area contributed by atoms with E-state index in [1.165, 1.54) is 16.0 Å². The van der Waals surface area contributed by atoms with Crippen LogP contribution in [0, 0.1) is 0 Å². The molecule has 33 heavy (non-hydrogen) atoms. The molecule has 0 spiro atoms. The lowest BCUT2D eigenvalue weighted by Gasteiger charge is -2.31. The third-order valence-electron chi connectivity index (χ3n) is 6.24. The molecule has 166 valence electrons. The van der Waals surface area contributed by atoms with Gasteiger partial charge in [-0.05, 0) is 53.4 Å². The molecule has 0 atom stereocenters. The third-order valence-corrected chi connectivity index (χ3v) is 6.50. The lowest BCUT2D eigenvalue weighted by atomic mass is 9.98. The maximum absolute atomic E-state index is 13.8. The molecule has 0 bridgehead atoms. The number of hydrogen-bond donors (Lipinski definition) is 0. The van der Waals surface area contributed by atoms with Crippen LogP contribution in [-0.4, -0.2) is 37.4 Å². The Morgan fingerprint density at radius 1 is 0.848 bits per heavy atom. The first kappa shape index (κ1) is 21.3. The predicted octanol–water partition coefficient (Wildman–Crippen LogP) is 4.75. The van der Waals surface area contributed by atoms with Gasteiger partial charge in [0.05, 0.1) is 11.3 Å². The molecular formula is C27H24ClN3O2. The summed E-state index contributed by atoms with van der Waals surface area (Å²) in [7, 11) is 3.86. The van der Waals surface area contributed by atoms with Gasteiger partial charge in [-0.15, -0.1) is 0 Å². The van der Waals surface area contributed by atoms with Crippen molar-refractivity contribution in [2.45, 2.75) is 13.0 Å². The Bertz CT molecular complexity index is 1280. The van der Waals surface area contributed by atoms with Crippen molar-refractivity contribution in [2.24, 2.45) is 0 Å². The number of nitrogens with zero attached hydrogens (tertiary/aromatic N) is 3. The summed E-state index contributed by atoms with van der Waals surface area (Å²) in [6.07, 6.45) is 0.825. The number of imide groups is 1. The quantitative estimate of drug-likeness (QED) is 0.530. The van der Waals surface area contributed by atoms with Gasteiger partial charge >= 0.3 is 0 Å². The number of benzene rings is 3. The maximum atomic E-state index is 13.8. The van der Waals surface area contributed by atoms with Crippen molar-refractivity contribution in [1.29, 1.82) is 0 Å². The van der Waals surface area contributed by atoms with Crippen molar-refractivity contribution in [3.05, 3.63) is 100 Å². The van der Waals surface area contributed by atoms with Gasteiger partial charge in [0, 0.05) is 37.9 Å². The molecule has 6 heteroatoms. The van der Waals surface area contributed by atoms with E-state index in [9.17, 15) is 9.59 Å². The normalized spacial score (nSPS) is 15.8. The zero-order valence-electron chi connectivity index (χ0n) is 18.6. The van der Waals surface area contributed by atoms with Gasteiger partial charge in [-0.3, -0.25) is 9.59 Å². The molecule has 0 aromatic heterocycles. The topological polar surface area (TPSA) is 43.9 Å². The summed E-state index contributed by atoms with van der Waals surface area (Å²) in [5.74, 6) is -0.604. The van der Waals surface area contributed by atoms with E-state index in [2.05, 4.69) is 12.1 Å². The van der Waals surface area contributed by atoms with Crippen LogP contribution in [0.4, 0.5) is 11.4 Å². The lowest BCUT2D eigenvalue weighted by molar-refractivity contribution is -0.120. The molecule has 0 saturated heterocycles. The molecule has 5 rings (SSSR count). The average molecular weight is 458 g/mol. The smallest absolute Gasteiger partial charge is 0.282 e. The summed E-state index contributed by atoms with van der Waals surface area (Å²) < 4.78 is 0. The molecule has 0 aliphatic carbocycles. The summed E-state index contributed by atoms with van der Waals surface area (Å²) in [5, 5.41) is 0.583. The molecule has 5 nitrogen and oxygen atoms in total. The summed E-state index contributed by atoms with van der Waals surface area (Å²) in [6, 6.07) is 22.9. The Hall–Kier alpha value is -3.57. The molecule has 2 aliphatic heterocycles. The third kappa shape index (κ3) is 3.79. The Morgan fingerprint density at radius 2 is 1.58 bits per heavy atom. The summed E-state index contributed by atoms with van der Waals surface area (Å²) in [5.41, 5.74) is 5.52. The van der Waals surface area contributed by atoms with E-state index in [1.807, 2.05) is 54.2 Å². The van der Waals surface area contributed by atoms with E-state index in [0.29, 0.717) is 40.6 Å². The van der Waals surface area contributed by atoms with Crippen molar-refractivity contribution < 1.29 is 9.59 Å². The Morgan fingerprint density at radius 3 is 2.30 bits per heavy atom. The van der Waals surface area contributed by atoms with Crippen LogP contribution >= 0.6 is 11.6 Å². The van der Waals surface area contributed by atoms with Crippen LogP contribution in [-0.2, 0) is 22.6 Å². The second-order valence-electron chi connectivity index (χ2n) is 8.53. The largest absolute Gasteiger partial charge is 0.378 e. The van der Waals surface area contributed by atoms with Crippen molar-refractivity contribution >= 4 is 40.4 Å². The van der Waals surface area contributed by atoms with Gasteiger partial charge in [0.1, 0.15) is 5.70 Å². The molecule has 3 aromatic rings. The number of fused-ring (bicyclic) bond motifs is 1. The van der Waals surface area contributed by atoms with Gasteiger partial charge in [0.15, 0.2) is 0 Å². The number of halogens is 1. The first-order chi connectivity index (χ1) is 15.9. The zero-order chi connectivity index (χ0) is 23.1. The van der Waals surface area contributed by atoms with Gasteiger partial charge in [-0.1, -0.05) is 54.1 Å². The number of hydrogen-bond acceptors (Lipinski definition) is 4. The standard InChI is InChI=1S/C27H24ClN3O2/c1-29(2)22-8-5-9-23(16-22)31-26(32)24(19-10-12-21(28)13-11-19)25(27(31)33)30-15-14-18-6-3-4-7-20(18)17-30/h3-13,16H,14-15,17H2,1-2H3.